The number of rotatable bonds is 9. The van der Waals surface area contributed by atoms with E-state index in [1.165, 1.54) is 0 Å². The van der Waals surface area contributed by atoms with Crippen molar-refractivity contribution in [1.82, 2.24) is 20.9 Å². The molecule has 2 heterocycles. The average Bonchev–Trinajstić information content (AvgIpc) is 2.85. The fourth-order valence-electron chi connectivity index (χ4n) is 5.28. The first-order chi connectivity index (χ1) is 15.9. The summed E-state index contributed by atoms with van der Waals surface area (Å²) in [4.78, 5) is 51.2. The van der Waals surface area contributed by atoms with Gasteiger partial charge in [-0.15, -0.1) is 0 Å². The van der Waals surface area contributed by atoms with Gasteiger partial charge in [-0.2, -0.15) is 0 Å². The molecule has 2 saturated heterocycles. The molecule has 1 aliphatic carbocycles. The van der Waals surface area contributed by atoms with Crippen molar-refractivity contribution in [3.8, 4) is 0 Å². The van der Waals surface area contributed by atoms with Crippen molar-refractivity contribution in [2.75, 3.05) is 32.7 Å². The highest BCUT2D eigenvalue weighted by Crippen LogP contribution is 2.24. The fourth-order valence-corrected chi connectivity index (χ4v) is 5.28. The molecule has 1 saturated carbocycles. The molecule has 0 radical (unpaired) electrons. The van der Waals surface area contributed by atoms with Crippen LogP contribution in [0.2, 0.25) is 0 Å². The second kappa shape index (κ2) is 12.9. The van der Waals surface area contributed by atoms with Crippen LogP contribution < -0.4 is 16.0 Å². The average molecular weight is 465 g/mol. The van der Waals surface area contributed by atoms with E-state index >= 15 is 0 Å². The first-order valence-corrected chi connectivity index (χ1v) is 12.7. The number of nitrogens with zero attached hydrogens (tertiary/aromatic N) is 1. The molecule has 0 aromatic heterocycles. The number of nitrogens with one attached hydrogen (secondary N) is 3. The topological polar surface area (TPSA) is 128 Å². The number of carboxylic acid groups (broad SMARTS) is 1. The summed E-state index contributed by atoms with van der Waals surface area (Å²) in [6.07, 6.45) is 9.74. The Kier molecular flexibility index (Phi) is 9.96. The second-order valence-electron chi connectivity index (χ2n) is 9.89. The zero-order valence-electron chi connectivity index (χ0n) is 19.7. The highest BCUT2D eigenvalue weighted by molar-refractivity contribution is 5.86. The van der Waals surface area contributed by atoms with E-state index in [0.29, 0.717) is 31.8 Å². The van der Waals surface area contributed by atoms with Crippen LogP contribution in [0.25, 0.3) is 0 Å². The zero-order chi connectivity index (χ0) is 23.6. The molecule has 4 N–H and O–H groups in total. The minimum atomic E-state index is -1.15. The first kappa shape index (κ1) is 25.5. The predicted molar refractivity (Wildman–Crippen MR) is 123 cm³/mol. The third-order valence-corrected chi connectivity index (χ3v) is 7.44. The summed E-state index contributed by atoms with van der Waals surface area (Å²) in [6.45, 7) is 2.94. The smallest absolute Gasteiger partial charge is 0.328 e. The summed E-state index contributed by atoms with van der Waals surface area (Å²) >= 11 is 0. The van der Waals surface area contributed by atoms with Gasteiger partial charge in [-0.25, -0.2) is 4.79 Å². The zero-order valence-corrected chi connectivity index (χ0v) is 19.7. The van der Waals surface area contributed by atoms with Crippen molar-refractivity contribution < 1.29 is 24.3 Å². The standard InChI is InChI=1S/C24H40N4O5/c29-21(9-8-17-10-12-25-13-11-17)28-14-4-7-19(16-28)22(30)26-15-20(24(32)33)27-23(31)18-5-2-1-3-6-18/h17-20,25H,1-16H2,(H,26,30)(H,27,31)(H,32,33)/t19-,20+/m1/s1. The summed E-state index contributed by atoms with van der Waals surface area (Å²) in [5.41, 5.74) is 0. The lowest BCUT2D eigenvalue weighted by atomic mass is 9.88. The summed E-state index contributed by atoms with van der Waals surface area (Å²) in [5.74, 6) is -1.42. The first-order valence-electron chi connectivity index (χ1n) is 12.7. The van der Waals surface area contributed by atoms with Crippen LogP contribution in [0.15, 0.2) is 0 Å². The van der Waals surface area contributed by atoms with E-state index in [1.54, 1.807) is 4.90 Å². The summed E-state index contributed by atoms with van der Waals surface area (Å²) in [6, 6.07) is -1.14. The van der Waals surface area contributed by atoms with Crippen LogP contribution >= 0.6 is 0 Å². The van der Waals surface area contributed by atoms with E-state index < -0.39 is 12.0 Å². The van der Waals surface area contributed by atoms with Crippen molar-refractivity contribution in [3.63, 3.8) is 0 Å². The Morgan fingerprint density at radius 1 is 0.909 bits per heavy atom. The van der Waals surface area contributed by atoms with Crippen molar-refractivity contribution in [2.24, 2.45) is 17.8 Å². The molecule has 0 bridgehead atoms. The molecule has 2 aliphatic heterocycles. The van der Waals surface area contributed by atoms with Gasteiger partial charge in [-0.1, -0.05) is 19.3 Å². The Hall–Kier alpha value is -2.16. The van der Waals surface area contributed by atoms with Crippen molar-refractivity contribution in [1.29, 1.82) is 0 Å². The SMILES string of the molecule is O=C(N[C@@H](CNC(=O)[C@@H]1CCCN(C(=O)CCC2CCNCC2)C1)C(=O)O)C1CCCCC1. The molecule has 3 aliphatic rings. The normalized spacial score (nSPS) is 23.5. The van der Waals surface area contributed by atoms with Gasteiger partial charge in [0.2, 0.25) is 17.7 Å². The Bertz CT molecular complexity index is 688. The van der Waals surface area contributed by atoms with Gasteiger partial charge < -0.3 is 26.0 Å². The second-order valence-corrected chi connectivity index (χ2v) is 9.89. The molecule has 0 unspecified atom stereocenters. The molecule has 9 nitrogen and oxygen atoms in total. The molecule has 3 amide bonds. The monoisotopic (exact) mass is 464 g/mol. The van der Waals surface area contributed by atoms with Gasteiger partial charge in [0.25, 0.3) is 0 Å². The minimum absolute atomic E-state index is 0.106. The number of carboxylic acids is 1. The maximum Gasteiger partial charge on any atom is 0.328 e. The Morgan fingerprint density at radius 3 is 2.30 bits per heavy atom. The number of carbonyl (C=O) groups is 4. The maximum absolute atomic E-state index is 12.7. The van der Waals surface area contributed by atoms with Gasteiger partial charge in [-0.3, -0.25) is 14.4 Å². The van der Waals surface area contributed by atoms with Crippen molar-refractivity contribution >= 4 is 23.7 Å². The van der Waals surface area contributed by atoms with E-state index in [0.717, 1.165) is 70.9 Å². The third kappa shape index (κ3) is 7.98. The van der Waals surface area contributed by atoms with Crippen LogP contribution in [-0.2, 0) is 19.2 Å². The number of likely N-dealkylation sites (tertiary alicyclic amines) is 1. The lowest BCUT2D eigenvalue weighted by Gasteiger charge is -2.33. The summed E-state index contributed by atoms with van der Waals surface area (Å²) < 4.78 is 0. The van der Waals surface area contributed by atoms with Gasteiger partial charge in [0, 0.05) is 32.0 Å². The molecule has 9 heteroatoms. The van der Waals surface area contributed by atoms with Crippen LogP contribution in [0.4, 0.5) is 0 Å². The number of piperidine rings is 2. The minimum Gasteiger partial charge on any atom is -0.480 e. The van der Waals surface area contributed by atoms with Gasteiger partial charge in [0.1, 0.15) is 6.04 Å². The van der Waals surface area contributed by atoms with Crippen LogP contribution in [0.1, 0.15) is 70.6 Å². The van der Waals surface area contributed by atoms with Crippen LogP contribution in [0, 0.1) is 17.8 Å². The number of hydrogen-bond acceptors (Lipinski definition) is 5. The number of amides is 3. The molecule has 0 aromatic carbocycles. The van der Waals surface area contributed by atoms with Gasteiger partial charge in [0.05, 0.1) is 5.92 Å². The molecule has 3 fully saturated rings. The molecule has 33 heavy (non-hydrogen) atoms. The highest BCUT2D eigenvalue weighted by Gasteiger charge is 2.31. The quantitative estimate of drug-likeness (QED) is 0.407. The van der Waals surface area contributed by atoms with E-state index in [-0.39, 0.29) is 36.1 Å². The molecular weight excluding hydrogens is 424 g/mol. The van der Waals surface area contributed by atoms with E-state index in [1.807, 2.05) is 0 Å². The largest absolute Gasteiger partial charge is 0.480 e. The predicted octanol–water partition coefficient (Wildman–Crippen LogP) is 1.27. The molecule has 2 atom stereocenters. The van der Waals surface area contributed by atoms with Crippen molar-refractivity contribution in [2.45, 2.75) is 76.7 Å². The highest BCUT2D eigenvalue weighted by atomic mass is 16.4. The molecular formula is C24H40N4O5. The van der Waals surface area contributed by atoms with Gasteiger partial charge in [0.15, 0.2) is 0 Å². The summed E-state index contributed by atoms with van der Waals surface area (Å²) in [7, 11) is 0. The number of carbonyl (C=O) groups excluding carboxylic acids is 3. The Morgan fingerprint density at radius 2 is 1.61 bits per heavy atom. The summed E-state index contributed by atoms with van der Waals surface area (Å²) in [5, 5.41) is 18.1. The van der Waals surface area contributed by atoms with E-state index in [2.05, 4.69) is 16.0 Å². The van der Waals surface area contributed by atoms with Crippen LogP contribution in [0.3, 0.4) is 0 Å². The molecule has 0 aromatic rings. The van der Waals surface area contributed by atoms with E-state index in [4.69, 9.17) is 0 Å². The molecule has 3 rings (SSSR count). The van der Waals surface area contributed by atoms with Crippen LogP contribution in [-0.4, -0.2) is 72.5 Å². The third-order valence-electron chi connectivity index (χ3n) is 7.44. The van der Waals surface area contributed by atoms with Crippen molar-refractivity contribution in [3.05, 3.63) is 0 Å². The Balaban J connectivity index is 1.42. The number of aliphatic carboxylic acids is 1. The maximum atomic E-state index is 12.7. The lowest BCUT2D eigenvalue weighted by Crippen LogP contribution is -2.52. The number of hydrogen-bond donors (Lipinski definition) is 4. The Labute approximate surface area is 196 Å². The lowest BCUT2D eigenvalue weighted by molar-refractivity contribution is -0.142. The fraction of sp³-hybridized carbons (Fsp3) is 0.833. The van der Waals surface area contributed by atoms with Crippen LogP contribution in [0.5, 0.6) is 0 Å². The van der Waals surface area contributed by atoms with Gasteiger partial charge >= 0.3 is 5.97 Å². The molecule has 186 valence electrons. The molecule has 0 spiro atoms. The van der Waals surface area contributed by atoms with Gasteiger partial charge in [-0.05, 0) is 64.0 Å². The van der Waals surface area contributed by atoms with E-state index in [9.17, 15) is 24.3 Å².